The summed E-state index contributed by atoms with van der Waals surface area (Å²) in [6, 6.07) is -0.120. The molecule has 14 heavy (non-hydrogen) atoms. The van der Waals surface area contributed by atoms with Crippen LogP contribution >= 0.6 is 0 Å². The van der Waals surface area contributed by atoms with Crippen LogP contribution < -0.4 is 5.32 Å². The minimum absolute atomic E-state index is 0.0667. The number of carbonyl (C=O) groups is 1. The Kier molecular flexibility index (Phi) is 4.12. The Morgan fingerprint density at radius 3 is 3.07 bits per heavy atom. The molecule has 1 amide bonds. The Balaban J connectivity index is 2.34. The van der Waals surface area contributed by atoms with Crippen molar-refractivity contribution < 1.29 is 9.90 Å². The summed E-state index contributed by atoms with van der Waals surface area (Å²) in [5.41, 5.74) is 0. The highest BCUT2D eigenvalue weighted by Gasteiger charge is 2.07. The van der Waals surface area contributed by atoms with E-state index in [0.717, 1.165) is 6.42 Å². The topological polar surface area (TPSA) is 67.2 Å². The molecule has 5 heteroatoms. The zero-order valence-corrected chi connectivity index (χ0v) is 8.18. The van der Waals surface area contributed by atoms with Crippen LogP contribution in [0.3, 0.4) is 0 Å². The first-order valence-electron chi connectivity index (χ1n) is 4.63. The largest absolute Gasteiger partial charge is 0.396 e. The summed E-state index contributed by atoms with van der Waals surface area (Å²) in [5, 5.41) is 11.4. The van der Waals surface area contributed by atoms with Gasteiger partial charge in [0.1, 0.15) is 6.33 Å². The van der Waals surface area contributed by atoms with Gasteiger partial charge in [0.15, 0.2) is 0 Å². The van der Waals surface area contributed by atoms with Gasteiger partial charge >= 0.3 is 6.03 Å². The monoisotopic (exact) mass is 197 g/mol. The Morgan fingerprint density at radius 1 is 1.71 bits per heavy atom. The minimum Gasteiger partial charge on any atom is -0.396 e. The molecule has 1 unspecified atom stereocenters. The Morgan fingerprint density at radius 2 is 2.50 bits per heavy atom. The molecule has 0 fully saturated rings. The van der Waals surface area contributed by atoms with Crippen LogP contribution in [0, 0.1) is 0 Å². The molecule has 0 aliphatic carbocycles. The molecule has 1 aromatic heterocycles. The quantitative estimate of drug-likeness (QED) is 0.742. The Hall–Kier alpha value is -1.36. The fraction of sp³-hybridized carbons (Fsp3) is 0.556. The Bertz CT molecular complexity index is 272. The molecule has 1 aromatic rings. The lowest BCUT2D eigenvalue weighted by Gasteiger charge is -2.12. The van der Waals surface area contributed by atoms with E-state index in [9.17, 15) is 4.79 Å². The van der Waals surface area contributed by atoms with Gasteiger partial charge in [0, 0.05) is 25.0 Å². The molecule has 2 N–H and O–H groups in total. The van der Waals surface area contributed by atoms with Crippen molar-refractivity contribution in [2.24, 2.45) is 0 Å². The maximum atomic E-state index is 11.4. The van der Waals surface area contributed by atoms with E-state index in [2.05, 4.69) is 10.3 Å². The third kappa shape index (κ3) is 3.18. The first kappa shape index (κ1) is 10.7. The van der Waals surface area contributed by atoms with Crippen molar-refractivity contribution in [3.8, 4) is 0 Å². The van der Waals surface area contributed by atoms with Gasteiger partial charge in [-0.25, -0.2) is 9.78 Å². The number of aliphatic hydroxyl groups is 1. The fourth-order valence-corrected chi connectivity index (χ4v) is 1.13. The second-order valence-corrected chi connectivity index (χ2v) is 3.19. The third-order valence-electron chi connectivity index (χ3n) is 1.90. The number of carbonyl (C=O) groups excluding carboxylic acids is 1. The van der Waals surface area contributed by atoms with Crippen LogP contribution in [-0.2, 0) is 0 Å². The lowest BCUT2D eigenvalue weighted by atomic mass is 10.2. The Labute approximate surface area is 82.8 Å². The maximum absolute atomic E-state index is 11.4. The van der Waals surface area contributed by atoms with Crippen molar-refractivity contribution >= 4 is 6.03 Å². The highest BCUT2D eigenvalue weighted by molar-refractivity contribution is 5.76. The maximum Gasteiger partial charge on any atom is 0.327 e. The van der Waals surface area contributed by atoms with Crippen LogP contribution in [0.1, 0.15) is 19.8 Å². The first-order chi connectivity index (χ1) is 6.74. The summed E-state index contributed by atoms with van der Waals surface area (Å²) in [5.74, 6) is 0. The van der Waals surface area contributed by atoms with Crippen LogP contribution in [-0.4, -0.2) is 33.3 Å². The number of imidazole rings is 1. The highest BCUT2D eigenvalue weighted by atomic mass is 16.3. The van der Waals surface area contributed by atoms with Gasteiger partial charge in [0.05, 0.1) is 0 Å². The molecule has 0 aliphatic heterocycles. The van der Waals surface area contributed by atoms with Gasteiger partial charge < -0.3 is 10.4 Å². The second-order valence-electron chi connectivity index (χ2n) is 3.19. The zero-order chi connectivity index (χ0) is 10.4. The van der Waals surface area contributed by atoms with Crippen molar-refractivity contribution in [3.63, 3.8) is 0 Å². The van der Waals surface area contributed by atoms with Crippen LogP contribution in [0.2, 0.25) is 0 Å². The van der Waals surface area contributed by atoms with Crippen LogP contribution in [0.4, 0.5) is 4.79 Å². The van der Waals surface area contributed by atoms with E-state index < -0.39 is 0 Å². The van der Waals surface area contributed by atoms with E-state index in [-0.39, 0.29) is 18.7 Å². The fourth-order valence-electron chi connectivity index (χ4n) is 1.13. The third-order valence-corrected chi connectivity index (χ3v) is 1.90. The van der Waals surface area contributed by atoms with Crippen molar-refractivity contribution in [2.45, 2.75) is 25.8 Å². The average Bonchev–Trinajstić information content (AvgIpc) is 2.67. The zero-order valence-electron chi connectivity index (χ0n) is 8.18. The number of nitrogens with zero attached hydrogens (tertiary/aromatic N) is 2. The molecule has 0 aromatic carbocycles. The normalized spacial score (nSPS) is 12.4. The summed E-state index contributed by atoms with van der Waals surface area (Å²) in [6.07, 6.45) is 6.07. The lowest BCUT2D eigenvalue weighted by Crippen LogP contribution is -2.35. The predicted octanol–water partition coefficient (Wildman–Crippen LogP) is 0.602. The molecule has 0 saturated carbocycles. The van der Waals surface area contributed by atoms with E-state index >= 15 is 0 Å². The van der Waals surface area contributed by atoms with Gasteiger partial charge in [0.25, 0.3) is 0 Å². The van der Waals surface area contributed by atoms with Gasteiger partial charge in [-0.1, -0.05) is 0 Å². The highest BCUT2D eigenvalue weighted by Crippen LogP contribution is 1.96. The van der Waals surface area contributed by atoms with E-state index in [1.54, 1.807) is 12.4 Å². The van der Waals surface area contributed by atoms with E-state index in [0.29, 0.717) is 6.42 Å². The lowest BCUT2D eigenvalue weighted by molar-refractivity contribution is 0.235. The molecular weight excluding hydrogens is 182 g/mol. The second kappa shape index (κ2) is 5.39. The van der Waals surface area contributed by atoms with Gasteiger partial charge in [0.2, 0.25) is 0 Å². The number of rotatable bonds is 4. The molecule has 0 spiro atoms. The number of hydrogen-bond donors (Lipinski definition) is 2. The van der Waals surface area contributed by atoms with Crippen LogP contribution in [0.25, 0.3) is 0 Å². The molecule has 0 bridgehead atoms. The minimum atomic E-state index is -0.187. The van der Waals surface area contributed by atoms with E-state index in [1.807, 2.05) is 6.92 Å². The molecule has 78 valence electrons. The summed E-state index contributed by atoms with van der Waals surface area (Å²) in [7, 11) is 0. The van der Waals surface area contributed by atoms with Crippen molar-refractivity contribution in [2.75, 3.05) is 6.61 Å². The SMILES string of the molecule is CC(CCCO)NC(=O)n1ccnc1. The molecule has 1 atom stereocenters. The standard InChI is InChI=1S/C9H15N3O2/c1-8(3-2-6-13)11-9(14)12-5-4-10-7-12/h4-5,7-8,13H,2-3,6H2,1H3,(H,11,14). The summed E-state index contributed by atoms with van der Waals surface area (Å²) < 4.78 is 1.38. The molecule has 0 radical (unpaired) electrons. The first-order valence-corrected chi connectivity index (χ1v) is 4.63. The molecule has 0 saturated heterocycles. The van der Waals surface area contributed by atoms with Crippen LogP contribution in [0.5, 0.6) is 0 Å². The summed E-state index contributed by atoms with van der Waals surface area (Å²) in [4.78, 5) is 15.2. The van der Waals surface area contributed by atoms with Gasteiger partial charge in [-0.2, -0.15) is 0 Å². The molecule has 5 nitrogen and oxygen atoms in total. The van der Waals surface area contributed by atoms with Gasteiger partial charge in [-0.3, -0.25) is 4.57 Å². The smallest absolute Gasteiger partial charge is 0.327 e. The van der Waals surface area contributed by atoms with Gasteiger partial charge in [-0.15, -0.1) is 0 Å². The predicted molar refractivity (Wildman–Crippen MR) is 51.9 cm³/mol. The van der Waals surface area contributed by atoms with E-state index in [4.69, 9.17) is 5.11 Å². The van der Waals surface area contributed by atoms with Gasteiger partial charge in [-0.05, 0) is 19.8 Å². The molecule has 0 aliphatic rings. The number of aromatic nitrogens is 2. The summed E-state index contributed by atoms with van der Waals surface area (Å²) in [6.45, 7) is 2.07. The number of aliphatic hydroxyl groups excluding tert-OH is 1. The number of hydrogen-bond acceptors (Lipinski definition) is 3. The van der Waals surface area contributed by atoms with Crippen molar-refractivity contribution in [3.05, 3.63) is 18.7 Å². The van der Waals surface area contributed by atoms with Crippen molar-refractivity contribution in [1.82, 2.24) is 14.9 Å². The number of nitrogens with one attached hydrogen (secondary N) is 1. The average molecular weight is 197 g/mol. The number of amides is 1. The van der Waals surface area contributed by atoms with Crippen LogP contribution in [0.15, 0.2) is 18.7 Å². The summed E-state index contributed by atoms with van der Waals surface area (Å²) >= 11 is 0. The molecule has 1 rings (SSSR count). The molecule has 1 heterocycles. The van der Waals surface area contributed by atoms with E-state index in [1.165, 1.54) is 10.9 Å². The molecular formula is C9H15N3O2. The van der Waals surface area contributed by atoms with Crippen molar-refractivity contribution in [1.29, 1.82) is 0 Å².